The number of carbonyl (C=O) groups excluding carboxylic acids is 1. The second-order valence-electron chi connectivity index (χ2n) is 10.3. The molecule has 1 N–H and O–H groups in total. The molecule has 0 aliphatic carbocycles. The summed E-state index contributed by atoms with van der Waals surface area (Å²) in [6.45, 7) is 2.00. The van der Waals surface area contributed by atoms with E-state index in [1.54, 1.807) is 41.3 Å². The van der Waals surface area contributed by atoms with Crippen LogP contribution >= 0.6 is 0 Å². The number of carbonyl (C=O) groups is 1. The van der Waals surface area contributed by atoms with Gasteiger partial charge in [0.2, 0.25) is 5.95 Å². The first-order valence-corrected chi connectivity index (χ1v) is 13.7. The quantitative estimate of drug-likeness (QED) is 0.352. The van der Waals surface area contributed by atoms with E-state index < -0.39 is 23.3 Å². The largest absolute Gasteiger partial charge is 0.491 e. The maximum atomic E-state index is 13.9. The summed E-state index contributed by atoms with van der Waals surface area (Å²) >= 11 is 0. The minimum Gasteiger partial charge on any atom is -0.491 e. The van der Waals surface area contributed by atoms with Crippen molar-refractivity contribution in [2.24, 2.45) is 0 Å². The zero-order valence-corrected chi connectivity index (χ0v) is 23.2. The molecular formula is C30H25F3N8O3. The van der Waals surface area contributed by atoms with E-state index in [0.29, 0.717) is 49.0 Å². The number of halogens is 3. The molecule has 224 valence electrons. The average molecular weight is 603 g/mol. The first kappa shape index (κ1) is 28.7. The highest BCUT2D eigenvalue weighted by Crippen LogP contribution is 2.42. The number of hydrogen-bond acceptors (Lipinski definition) is 9. The molecule has 1 amide bonds. The van der Waals surface area contributed by atoms with E-state index in [2.05, 4.69) is 15.1 Å². The third-order valence-corrected chi connectivity index (χ3v) is 7.67. The molecular weight excluding hydrogens is 577 g/mol. The van der Waals surface area contributed by atoms with Gasteiger partial charge in [0.1, 0.15) is 24.0 Å². The number of rotatable bonds is 6. The second kappa shape index (κ2) is 11.7. The van der Waals surface area contributed by atoms with Crippen LogP contribution in [0.2, 0.25) is 0 Å². The van der Waals surface area contributed by atoms with Crippen molar-refractivity contribution in [2.45, 2.75) is 18.8 Å². The molecule has 1 atom stereocenters. The Kier molecular flexibility index (Phi) is 7.60. The van der Waals surface area contributed by atoms with Crippen molar-refractivity contribution in [1.29, 1.82) is 5.26 Å². The number of nitrogens with zero attached hydrogens (tertiary/aromatic N) is 7. The predicted octanol–water partition coefficient (Wildman–Crippen LogP) is 3.55. The van der Waals surface area contributed by atoms with E-state index >= 15 is 0 Å². The number of alkyl halides is 3. The molecule has 44 heavy (non-hydrogen) atoms. The van der Waals surface area contributed by atoms with Gasteiger partial charge in [-0.2, -0.15) is 23.5 Å². The maximum Gasteiger partial charge on any atom is 0.423 e. The molecule has 2 aromatic carbocycles. The van der Waals surface area contributed by atoms with Gasteiger partial charge in [0.15, 0.2) is 0 Å². The minimum absolute atomic E-state index is 0.0397. The number of nitrogens with one attached hydrogen (secondary N) is 1. The lowest BCUT2D eigenvalue weighted by molar-refractivity contribution is -0.138. The van der Waals surface area contributed by atoms with Crippen molar-refractivity contribution in [2.75, 3.05) is 42.6 Å². The average Bonchev–Trinajstić information content (AvgIpc) is 3.41. The second-order valence-corrected chi connectivity index (χ2v) is 10.3. The molecule has 2 aliphatic rings. The number of H-pyrrole nitrogens is 1. The highest BCUT2D eigenvalue weighted by atomic mass is 19.4. The Bertz CT molecular complexity index is 1780. The van der Waals surface area contributed by atoms with Crippen molar-refractivity contribution < 1.29 is 22.7 Å². The summed E-state index contributed by atoms with van der Waals surface area (Å²) in [6, 6.07) is 15.2. The first-order valence-electron chi connectivity index (χ1n) is 13.7. The van der Waals surface area contributed by atoms with Crippen LogP contribution < -0.4 is 20.1 Å². The molecule has 0 saturated carbocycles. The standard InChI is InChI=1S/C30H25F3N8O3/c31-30(32,33)26-24(16-37-38-27(26)42)41-17-21-4-1-2-7-23(21)25(41)18-44-22-6-3-5-20(12-22)28(43)39-8-10-40(11-9-39)29-35-14-19(13-34)15-36-29/h1-7,12,14-16,25H,8-11,17-18H2,(H,38,42)/t25-/m0/s1. The summed E-state index contributed by atoms with van der Waals surface area (Å²) in [5, 5.41) is 14.5. The van der Waals surface area contributed by atoms with Crippen LogP contribution in [0.5, 0.6) is 5.75 Å². The van der Waals surface area contributed by atoms with Gasteiger partial charge in [0.05, 0.1) is 35.9 Å². The van der Waals surface area contributed by atoms with Crippen LogP contribution in [0.25, 0.3) is 0 Å². The molecule has 1 saturated heterocycles. The Morgan fingerprint density at radius 1 is 1.05 bits per heavy atom. The smallest absolute Gasteiger partial charge is 0.423 e. The Labute approximate surface area is 249 Å². The zero-order chi connectivity index (χ0) is 30.8. The predicted molar refractivity (Wildman–Crippen MR) is 152 cm³/mol. The summed E-state index contributed by atoms with van der Waals surface area (Å²) in [5.41, 5.74) is -0.604. The number of benzene rings is 2. The topological polar surface area (TPSA) is 131 Å². The minimum atomic E-state index is -4.89. The van der Waals surface area contributed by atoms with E-state index in [0.717, 1.165) is 17.3 Å². The van der Waals surface area contributed by atoms with Gasteiger partial charge in [-0.3, -0.25) is 9.59 Å². The molecule has 6 rings (SSSR count). The Balaban J connectivity index is 1.16. The van der Waals surface area contributed by atoms with Crippen LogP contribution in [-0.4, -0.2) is 63.8 Å². The monoisotopic (exact) mass is 602 g/mol. The lowest BCUT2D eigenvalue weighted by Crippen LogP contribution is -2.49. The lowest BCUT2D eigenvalue weighted by Gasteiger charge is -2.34. The molecule has 0 bridgehead atoms. The van der Waals surface area contributed by atoms with Crippen LogP contribution in [-0.2, 0) is 12.7 Å². The van der Waals surface area contributed by atoms with Gasteiger partial charge in [-0.15, -0.1) is 0 Å². The van der Waals surface area contributed by atoms with Gasteiger partial charge in [-0.25, -0.2) is 15.1 Å². The number of nitriles is 1. The molecule has 11 nitrogen and oxygen atoms in total. The Hall–Kier alpha value is -5.45. The van der Waals surface area contributed by atoms with Gasteiger partial charge < -0.3 is 19.4 Å². The molecule has 2 aliphatic heterocycles. The van der Waals surface area contributed by atoms with E-state index in [1.165, 1.54) is 17.3 Å². The highest BCUT2D eigenvalue weighted by Gasteiger charge is 2.42. The van der Waals surface area contributed by atoms with E-state index in [9.17, 15) is 22.8 Å². The number of aromatic amines is 1. The van der Waals surface area contributed by atoms with E-state index in [4.69, 9.17) is 10.00 Å². The van der Waals surface area contributed by atoms with Crippen LogP contribution in [0, 0.1) is 11.3 Å². The summed E-state index contributed by atoms with van der Waals surface area (Å²) in [4.78, 5) is 39.1. The van der Waals surface area contributed by atoms with Crippen molar-refractivity contribution in [3.05, 3.63) is 105 Å². The summed E-state index contributed by atoms with van der Waals surface area (Å²) in [6.07, 6.45) is -0.961. The van der Waals surface area contributed by atoms with Gasteiger partial charge in [0, 0.05) is 38.3 Å². The van der Waals surface area contributed by atoms with Crippen molar-refractivity contribution in [3.63, 3.8) is 0 Å². The molecule has 4 heterocycles. The van der Waals surface area contributed by atoms with Crippen molar-refractivity contribution in [3.8, 4) is 11.8 Å². The molecule has 2 aromatic heterocycles. The highest BCUT2D eigenvalue weighted by molar-refractivity contribution is 5.94. The van der Waals surface area contributed by atoms with Crippen LogP contribution in [0.3, 0.4) is 0 Å². The third-order valence-electron chi connectivity index (χ3n) is 7.67. The van der Waals surface area contributed by atoms with Crippen LogP contribution in [0.1, 0.15) is 38.7 Å². The molecule has 4 aromatic rings. The molecule has 0 radical (unpaired) electrons. The maximum absolute atomic E-state index is 13.9. The van der Waals surface area contributed by atoms with Gasteiger partial charge in [-0.05, 0) is 29.3 Å². The van der Waals surface area contributed by atoms with E-state index in [-0.39, 0.29) is 24.7 Å². The molecule has 0 unspecified atom stereocenters. The number of piperazine rings is 1. The molecule has 0 spiro atoms. The normalized spacial score (nSPS) is 16.4. The van der Waals surface area contributed by atoms with Gasteiger partial charge in [0.25, 0.3) is 11.5 Å². The van der Waals surface area contributed by atoms with Crippen molar-refractivity contribution in [1.82, 2.24) is 25.1 Å². The molecule has 1 fully saturated rings. The fourth-order valence-electron chi connectivity index (χ4n) is 5.51. The number of hydrogen-bond donors (Lipinski definition) is 1. The van der Waals surface area contributed by atoms with Crippen molar-refractivity contribution >= 4 is 17.5 Å². The number of ether oxygens (including phenoxy) is 1. The Morgan fingerprint density at radius 3 is 2.52 bits per heavy atom. The first-order chi connectivity index (χ1) is 21.2. The number of amides is 1. The third kappa shape index (κ3) is 5.63. The van der Waals surface area contributed by atoms with E-state index in [1.807, 2.05) is 28.2 Å². The summed E-state index contributed by atoms with van der Waals surface area (Å²) in [5.74, 6) is 0.685. The summed E-state index contributed by atoms with van der Waals surface area (Å²) < 4.78 is 47.8. The fourth-order valence-corrected chi connectivity index (χ4v) is 5.51. The van der Waals surface area contributed by atoms with Gasteiger partial charge in [-0.1, -0.05) is 30.3 Å². The van der Waals surface area contributed by atoms with Crippen LogP contribution in [0.15, 0.2) is 71.9 Å². The number of fused-ring (bicyclic) bond motifs is 1. The number of aromatic nitrogens is 4. The SMILES string of the molecule is N#Cc1cnc(N2CCN(C(=O)c3cccc(OC[C@H]4c5ccccc5CN4c4cn[nH]c(=O)c4C(F)(F)F)c3)CC2)nc1. The molecule has 14 heteroatoms. The van der Waals surface area contributed by atoms with Crippen LogP contribution in [0.4, 0.5) is 24.8 Å². The Morgan fingerprint density at radius 2 is 1.80 bits per heavy atom. The summed E-state index contributed by atoms with van der Waals surface area (Å²) in [7, 11) is 0. The lowest BCUT2D eigenvalue weighted by atomic mass is 10.1. The zero-order valence-electron chi connectivity index (χ0n) is 23.2. The number of anilines is 2. The van der Waals surface area contributed by atoms with Gasteiger partial charge >= 0.3 is 6.18 Å². The fraction of sp³-hybridized carbons (Fsp3) is 0.267.